The van der Waals surface area contributed by atoms with Crippen molar-refractivity contribution in [2.24, 2.45) is 0 Å². The van der Waals surface area contributed by atoms with E-state index in [4.69, 9.17) is 74.0 Å². The Kier molecular flexibility index (Phi) is 52.3. The van der Waals surface area contributed by atoms with E-state index < -0.39 is 67.6 Å². The molecule has 526 valence electrons. The molecular formula is C61H75K6N15O21. The Hall–Kier alpha value is -2.71. The van der Waals surface area contributed by atoms with Gasteiger partial charge in [0.15, 0.2) is 0 Å². The molecule has 5 heterocycles. The van der Waals surface area contributed by atoms with Crippen molar-refractivity contribution in [3.05, 3.63) is 151 Å². The summed E-state index contributed by atoms with van der Waals surface area (Å²) < 4.78 is 64.3. The summed E-state index contributed by atoms with van der Waals surface area (Å²) in [7, 11) is 4.45. The number of carbonyl (C=O) groups excluding carboxylic acids is 3. The number of methoxy groups -OCH3 is 3. The monoisotopic (exact) mass is 1590 g/mol. The molecule has 3 amide bonds. The van der Waals surface area contributed by atoms with E-state index in [2.05, 4.69) is 43.1 Å². The van der Waals surface area contributed by atoms with Gasteiger partial charge in [-0.1, -0.05) is 40.2 Å². The maximum atomic E-state index is 12.8. The fourth-order valence-electron chi connectivity index (χ4n) is 8.29. The molecule has 36 nitrogen and oxygen atoms in total. The second-order valence-electron chi connectivity index (χ2n) is 18.8. The Morgan fingerprint density at radius 3 is 1.32 bits per heavy atom. The topological polar surface area (TPSA) is 457 Å². The number of nitro groups is 3. The van der Waals surface area contributed by atoms with Gasteiger partial charge in [0.25, 0.3) is 0 Å². The average molecular weight is 1590 g/mol. The molecule has 2 aliphatic heterocycles. The predicted octanol–water partition coefficient (Wildman–Crippen LogP) is 7.19. The molecule has 3 aromatic heterocycles. The van der Waals surface area contributed by atoms with E-state index in [0.717, 1.165) is 14.7 Å². The standard InChI is InChI=1S/C21H25N5O7.2C19H21N5O7.2CH4.6K/c1-5-8-32-16-11-14(10-15(12-16)30-4)13-25(21(27)31-7-3)19-17(26(28)29)18(22)23-20(24-19)33-9-6-2;2*1-3-29-19(25)23-11-12-8-13(28-2)10-14(9-12)30-6-4-5-7-31-18-21-16(20)15(24(26)27)17(23)22-18;;;;;;;;/h5-6,10-12H,1-2,7-9,13H2,3-4H3,(H2,22,23,24);2*4-5,8-10H,3,6-7,11H2,1-2H3,(H2,20,21,22);2*1H4;;;;;;/b;5-4+;5-4-;;;;;;;;. The Bertz CT molecular complexity index is 3690. The second-order valence-corrected chi connectivity index (χ2v) is 18.8. The number of nitrogen functional groups attached to an aromatic ring is 3. The number of hydrogen-bond acceptors (Lipinski definition) is 30. The van der Waals surface area contributed by atoms with Crippen LogP contribution in [0.4, 0.5) is 66.4 Å². The van der Waals surface area contributed by atoms with Gasteiger partial charge in [0.05, 0.1) is 75.6 Å². The molecule has 8 bridgehead atoms. The van der Waals surface area contributed by atoms with Gasteiger partial charge in [-0.25, -0.2) is 14.4 Å². The summed E-state index contributed by atoms with van der Waals surface area (Å²) >= 11 is 7.50. The molecule has 2 aliphatic rings. The van der Waals surface area contributed by atoms with E-state index >= 15 is 0 Å². The molecule has 42 heteroatoms. The number of hydrogen-bond donors (Lipinski definition) is 3. The fourth-order valence-corrected chi connectivity index (χ4v) is 8.29. The second kappa shape index (κ2) is 54.8. The molecule has 0 saturated heterocycles. The maximum absolute atomic E-state index is 12.8. The van der Waals surface area contributed by atoms with Gasteiger partial charge in [-0.2, -0.15) is 29.9 Å². The van der Waals surface area contributed by atoms with Crippen LogP contribution in [0.3, 0.4) is 0 Å². The van der Waals surface area contributed by atoms with Crippen LogP contribution in [0.25, 0.3) is 0 Å². The number of benzene rings is 3. The van der Waals surface area contributed by atoms with E-state index in [1.165, 1.54) is 217 Å². The zero-order valence-corrected chi connectivity index (χ0v) is 77.0. The van der Waals surface area contributed by atoms with Crippen LogP contribution >= 0.6 is 0 Å². The third kappa shape index (κ3) is 32.4. The first-order chi connectivity index (χ1) is 48.7. The molecule has 0 radical (unpaired) electrons. The van der Waals surface area contributed by atoms with Gasteiger partial charge in [-0.15, -0.1) is 0 Å². The SMILES string of the molecule is C.C.C=CCOc1cc(CN(C(=O)OCC)c2nc(OCC=C)nc(N)c2[N+](=O)[O-])cc(OC)c1.CCOC(=O)N1Cc2cc(OC)cc(c2)OC/C=C/COc2nc(N)c([N+](=O)[O-])c1n2.CCOC(=O)N1Cc2cc(OC)cc(c2)OC/C=C\COc2nc(N)c([N+](=O)[O-])c1n2.[K][K].[K][K].[K][K]. The first-order valence-corrected chi connectivity index (χ1v) is 79.3. The minimum absolute atomic E-state index is 0. The molecule has 8 rings (SSSR count). The Balaban J connectivity index is 0.000000738. The van der Waals surface area contributed by atoms with Gasteiger partial charge >= 0.3 is 243 Å². The molecule has 103 heavy (non-hydrogen) atoms. The van der Waals surface area contributed by atoms with Crippen molar-refractivity contribution in [1.82, 2.24) is 29.9 Å². The van der Waals surface area contributed by atoms with Gasteiger partial charge in [0.2, 0.25) is 34.9 Å². The number of amides is 3. The number of rotatable bonds is 18. The number of ether oxygens (including phenoxy) is 12. The molecule has 0 spiro atoms. The van der Waals surface area contributed by atoms with Crippen molar-refractivity contribution < 1.29 is 86.0 Å². The molecule has 0 atom stereocenters. The van der Waals surface area contributed by atoms with Gasteiger partial charge in [0, 0.05) is 18.2 Å². The average Bonchev–Trinajstić information content (AvgIpc) is 0.803. The molecule has 6 aromatic rings. The van der Waals surface area contributed by atoms with Gasteiger partial charge in [-0.3, -0.25) is 45.0 Å². The Morgan fingerprint density at radius 1 is 0.534 bits per heavy atom. The molecule has 0 fully saturated rings. The number of nitrogens with zero attached hydrogens (tertiary/aromatic N) is 12. The number of nitrogens with two attached hydrogens (primary N) is 3. The van der Waals surface area contributed by atoms with Crippen LogP contribution in [-0.4, -0.2) is 333 Å². The summed E-state index contributed by atoms with van der Waals surface area (Å²) in [5.74, 6) is 0.379. The van der Waals surface area contributed by atoms with Crippen molar-refractivity contribution in [1.29, 1.82) is 0 Å². The van der Waals surface area contributed by atoms with Crippen LogP contribution in [0.2, 0.25) is 0 Å². The number of fused-ring (bicyclic) bond motifs is 8. The summed E-state index contributed by atoms with van der Waals surface area (Å²) in [5.41, 5.74) is 17.1. The summed E-state index contributed by atoms with van der Waals surface area (Å²) in [6.45, 7) is 12.5. The quantitative estimate of drug-likeness (QED) is 0.0252. The van der Waals surface area contributed by atoms with Crippen molar-refractivity contribution in [2.45, 2.75) is 55.3 Å². The summed E-state index contributed by atoms with van der Waals surface area (Å²) in [5, 5.41) is 35.1. The van der Waals surface area contributed by atoms with Crippen molar-refractivity contribution in [3.8, 4) is 52.5 Å². The Labute approximate surface area is 730 Å². The first kappa shape index (κ1) is 98.3. The molecular weight excluding hydrogens is 1510 g/mol. The van der Waals surface area contributed by atoms with E-state index in [-0.39, 0.29) is 129 Å². The van der Waals surface area contributed by atoms with Crippen LogP contribution < -0.4 is 74.5 Å². The van der Waals surface area contributed by atoms with Crippen molar-refractivity contribution >= 4 is 260 Å². The van der Waals surface area contributed by atoms with Crippen LogP contribution in [0.5, 0.6) is 52.5 Å². The number of aromatic nitrogens is 6. The molecule has 0 aliphatic carbocycles. The van der Waals surface area contributed by atoms with Crippen LogP contribution in [0, 0.1) is 30.3 Å². The zero-order valence-electron chi connectivity index (χ0n) is 58.2. The van der Waals surface area contributed by atoms with E-state index in [0.29, 0.717) is 51.2 Å². The van der Waals surface area contributed by atoms with Crippen LogP contribution in [0.1, 0.15) is 52.3 Å². The zero-order chi connectivity index (χ0) is 75.1. The van der Waals surface area contributed by atoms with E-state index in [9.17, 15) is 44.7 Å². The number of carbonyl (C=O) groups is 3. The molecule has 0 unspecified atom stereocenters. The van der Waals surface area contributed by atoms with Gasteiger partial charge in [-0.05, 0) is 98.2 Å². The Morgan fingerprint density at radius 2 is 0.922 bits per heavy atom. The van der Waals surface area contributed by atoms with Crippen LogP contribution in [-0.2, 0) is 33.8 Å². The molecule has 3 aromatic carbocycles. The van der Waals surface area contributed by atoms with E-state index in [1.54, 1.807) is 106 Å². The van der Waals surface area contributed by atoms with Crippen molar-refractivity contribution in [3.63, 3.8) is 0 Å². The third-order valence-electron chi connectivity index (χ3n) is 12.3. The van der Waals surface area contributed by atoms with E-state index in [1.807, 2.05) is 0 Å². The van der Waals surface area contributed by atoms with Gasteiger partial charge in [0.1, 0.15) is 74.1 Å². The molecule has 6 N–H and O–H groups in total. The predicted molar refractivity (Wildman–Crippen MR) is 388 cm³/mol. The van der Waals surface area contributed by atoms with Crippen molar-refractivity contribution in [2.75, 3.05) is 113 Å². The minimum atomic E-state index is -0.884. The molecule has 0 saturated carbocycles. The number of anilines is 6. The summed E-state index contributed by atoms with van der Waals surface area (Å²) in [6, 6.07) is 14.3. The third-order valence-corrected chi connectivity index (χ3v) is 12.3. The van der Waals surface area contributed by atoms with Crippen LogP contribution in [0.15, 0.2) is 104 Å². The fraction of sp³-hybridized carbons (Fsp3) is 0.328. The summed E-state index contributed by atoms with van der Waals surface area (Å²) in [4.78, 5) is 97.7. The van der Waals surface area contributed by atoms with Gasteiger partial charge < -0.3 is 74.0 Å². The summed E-state index contributed by atoms with van der Waals surface area (Å²) in [6.07, 6.45) is 7.19. The first-order valence-electron chi connectivity index (χ1n) is 31.3. The normalized spacial score (nSPS) is 12.2.